The van der Waals surface area contributed by atoms with Crippen LogP contribution < -0.4 is 0 Å². The van der Waals surface area contributed by atoms with Crippen LogP contribution in [0.25, 0.3) is 0 Å². The third-order valence-corrected chi connectivity index (χ3v) is 5.84. The third kappa shape index (κ3) is 4.07. The maximum atomic E-state index is 13.2. The van der Waals surface area contributed by atoms with E-state index in [4.69, 9.17) is 21.1 Å². The number of rotatable bonds is 6. The molecule has 1 saturated heterocycles. The fourth-order valence-electron chi connectivity index (χ4n) is 3.75. The molecule has 4 nitrogen and oxygen atoms in total. The fraction of sp³-hybridized carbons (Fsp3) is 0.409. The number of hydrogen-bond acceptors (Lipinski definition) is 3. The van der Waals surface area contributed by atoms with Crippen molar-refractivity contribution >= 4 is 17.5 Å². The van der Waals surface area contributed by atoms with Crippen molar-refractivity contribution in [1.29, 1.82) is 0 Å². The van der Waals surface area contributed by atoms with E-state index in [2.05, 4.69) is 0 Å². The highest BCUT2D eigenvalue weighted by molar-refractivity contribution is 6.31. The lowest BCUT2D eigenvalue weighted by Gasteiger charge is -2.35. The highest BCUT2D eigenvalue weighted by Gasteiger charge is 2.53. The van der Waals surface area contributed by atoms with Gasteiger partial charge in [-0.2, -0.15) is 0 Å². The van der Waals surface area contributed by atoms with Crippen molar-refractivity contribution in [2.24, 2.45) is 0 Å². The van der Waals surface area contributed by atoms with Gasteiger partial charge >= 0.3 is 0 Å². The summed E-state index contributed by atoms with van der Waals surface area (Å²) in [4.78, 5) is 15.1. The Kier molecular flexibility index (Phi) is 5.67. The molecule has 6 heteroatoms. The first kappa shape index (κ1) is 19.4. The van der Waals surface area contributed by atoms with E-state index in [9.17, 15) is 9.18 Å². The molecule has 1 aliphatic heterocycles. The van der Waals surface area contributed by atoms with Gasteiger partial charge in [0.25, 0.3) is 0 Å². The third-order valence-electron chi connectivity index (χ3n) is 5.49. The van der Waals surface area contributed by atoms with Crippen LogP contribution in [0.3, 0.4) is 0 Å². The number of carbonyl (C=O) groups excluding carboxylic acids is 1. The van der Waals surface area contributed by atoms with Crippen LogP contribution in [0.15, 0.2) is 48.5 Å². The number of nitrogens with zero attached hydrogens (tertiary/aromatic N) is 1. The molecule has 28 heavy (non-hydrogen) atoms. The molecule has 1 amide bonds. The fourth-order valence-corrected chi connectivity index (χ4v) is 3.98. The van der Waals surface area contributed by atoms with Gasteiger partial charge in [-0.15, -0.1) is 0 Å². The largest absolute Gasteiger partial charge is 0.374 e. The first-order valence-electron chi connectivity index (χ1n) is 9.57. The summed E-state index contributed by atoms with van der Waals surface area (Å²) in [6, 6.07) is 14.3. The minimum atomic E-state index is -0.370. The predicted molar refractivity (Wildman–Crippen MR) is 105 cm³/mol. The molecule has 0 radical (unpaired) electrons. The van der Waals surface area contributed by atoms with Crippen LogP contribution in [-0.2, 0) is 26.3 Å². The second-order valence-electron chi connectivity index (χ2n) is 7.44. The van der Waals surface area contributed by atoms with E-state index >= 15 is 0 Å². The first-order chi connectivity index (χ1) is 13.6. The number of carbonyl (C=O) groups is 1. The van der Waals surface area contributed by atoms with Gasteiger partial charge in [-0.25, -0.2) is 4.39 Å². The van der Waals surface area contributed by atoms with Gasteiger partial charge in [-0.05, 0) is 36.1 Å². The molecule has 1 aliphatic carbocycles. The highest BCUT2D eigenvalue weighted by atomic mass is 35.5. The summed E-state index contributed by atoms with van der Waals surface area (Å²) >= 11 is 6.03. The van der Waals surface area contributed by atoms with Crippen LogP contribution in [-0.4, -0.2) is 43.2 Å². The van der Waals surface area contributed by atoms with Gasteiger partial charge in [-0.3, -0.25) is 4.79 Å². The molecule has 0 N–H and O–H groups in total. The Bertz CT molecular complexity index is 841. The van der Waals surface area contributed by atoms with Gasteiger partial charge in [-0.1, -0.05) is 48.0 Å². The van der Waals surface area contributed by atoms with Crippen molar-refractivity contribution in [2.75, 3.05) is 26.3 Å². The minimum Gasteiger partial charge on any atom is -0.374 e. The molecule has 4 rings (SSSR count). The molecule has 1 heterocycles. The summed E-state index contributed by atoms with van der Waals surface area (Å²) in [6.45, 7) is 2.26. The van der Waals surface area contributed by atoms with E-state index in [1.807, 2.05) is 35.2 Å². The summed E-state index contributed by atoms with van der Waals surface area (Å²) in [5.74, 6) is -0.181. The average Bonchev–Trinajstić information content (AvgIpc) is 3.52. The number of benzene rings is 2. The Hall–Kier alpha value is -1.95. The van der Waals surface area contributed by atoms with Crippen LogP contribution in [0.5, 0.6) is 0 Å². The lowest BCUT2D eigenvalue weighted by molar-refractivity contribution is -0.144. The maximum absolute atomic E-state index is 13.2. The van der Waals surface area contributed by atoms with Gasteiger partial charge in [0, 0.05) is 18.1 Å². The van der Waals surface area contributed by atoms with E-state index in [1.54, 1.807) is 6.07 Å². The smallest absolute Gasteiger partial charge is 0.233 e. The quantitative estimate of drug-likeness (QED) is 0.733. The second kappa shape index (κ2) is 8.19. The number of ether oxygens (including phenoxy) is 2. The zero-order valence-corrected chi connectivity index (χ0v) is 16.3. The zero-order valence-electron chi connectivity index (χ0n) is 15.6. The molecule has 0 spiro atoms. The van der Waals surface area contributed by atoms with E-state index in [1.165, 1.54) is 12.1 Å². The molecule has 0 bridgehead atoms. The van der Waals surface area contributed by atoms with Crippen LogP contribution in [0, 0.1) is 5.82 Å². The normalized spacial score (nSPS) is 20.8. The molecule has 2 fully saturated rings. The van der Waals surface area contributed by atoms with Crippen LogP contribution in [0.4, 0.5) is 4.39 Å². The summed E-state index contributed by atoms with van der Waals surface area (Å²) in [6.07, 6.45) is 1.62. The topological polar surface area (TPSA) is 38.8 Å². The van der Waals surface area contributed by atoms with E-state index < -0.39 is 0 Å². The molecule has 1 unspecified atom stereocenters. The average molecular weight is 404 g/mol. The summed E-state index contributed by atoms with van der Waals surface area (Å²) in [5.41, 5.74) is 1.48. The molecular formula is C22H23ClFNO3. The van der Waals surface area contributed by atoms with Gasteiger partial charge < -0.3 is 14.4 Å². The molecular weight excluding hydrogens is 381 g/mol. The lowest BCUT2D eigenvalue weighted by Crippen LogP contribution is -2.50. The molecule has 0 aromatic heterocycles. The Balaban J connectivity index is 1.32. The summed E-state index contributed by atoms with van der Waals surface area (Å²) < 4.78 is 24.6. The van der Waals surface area contributed by atoms with E-state index in [-0.39, 0.29) is 29.9 Å². The van der Waals surface area contributed by atoms with Crippen LogP contribution in [0.1, 0.15) is 24.0 Å². The monoisotopic (exact) mass is 403 g/mol. The maximum Gasteiger partial charge on any atom is 0.233 e. The predicted octanol–water partition coefficient (Wildman–Crippen LogP) is 3.95. The van der Waals surface area contributed by atoms with Crippen molar-refractivity contribution < 1.29 is 18.7 Å². The van der Waals surface area contributed by atoms with Crippen LogP contribution in [0.2, 0.25) is 5.02 Å². The van der Waals surface area contributed by atoms with Crippen molar-refractivity contribution in [1.82, 2.24) is 4.90 Å². The van der Waals surface area contributed by atoms with Gasteiger partial charge in [0.1, 0.15) is 5.82 Å². The summed E-state index contributed by atoms with van der Waals surface area (Å²) in [5, 5.41) is 0.347. The lowest BCUT2D eigenvalue weighted by atomic mass is 9.94. The van der Waals surface area contributed by atoms with Gasteiger partial charge in [0.15, 0.2) is 0 Å². The summed E-state index contributed by atoms with van der Waals surface area (Å²) in [7, 11) is 0. The minimum absolute atomic E-state index is 0.177. The Labute approximate surface area is 169 Å². The molecule has 1 saturated carbocycles. The molecule has 2 aromatic rings. The van der Waals surface area contributed by atoms with Gasteiger partial charge in [0.05, 0.1) is 31.3 Å². The van der Waals surface area contributed by atoms with Crippen molar-refractivity contribution in [2.45, 2.75) is 31.0 Å². The number of amides is 1. The van der Waals surface area contributed by atoms with Crippen molar-refractivity contribution in [3.8, 4) is 0 Å². The molecule has 1 atom stereocenters. The van der Waals surface area contributed by atoms with Crippen molar-refractivity contribution in [3.63, 3.8) is 0 Å². The SMILES string of the molecule is O=C(N1CCOC(COCc2ccc(F)cc2Cl)C1)C1(c2ccccc2)CC1. The van der Waals surface area contributed by atoms with Crippen LogP contribution >= 0.6 is 11.6 Å². The Morgan fingerprint density at radius 2 is 2.04 bits per heavy atom. The molecule has 2 aromatic carbocycles. The number of halogens is 2. The number of morpholine rings is 1. The number of hydrogen-bond donors (Lipinski definition) is 0. The second-order valence-corrected chi connectivity index (χ2v) is 7.85. The first-order valence-corrected chi connectivity index (χ1v) is 9.94. The highest BCUT2D eigenvalue weighted by Crippen LogP contribution is 2.49. The van der Waals surface area contributed by atoms with E-state index in [0.29, 0.717) is 31.3 Å². The standard InChI is InChI=1S/C22H23ClFNO3/c23-20-12-18(24)7-6-16(20)14-27-15-19-13-25(10-11-28-19)21(26)22(8-9-22)17-4-2-1-3-5-17/h1-7,12,19H,8-11,13-15H2. The zero-order chi connectivity index (χ0) is 19.6. The Morgan fingerprint density at radius 3 is 2.75 bits per heavy atom. The van der Waals surface area contributed by atoms with Crippen molar-refractivity contribution in [3.05, 3.63) is 70.5 Å². The molecule has 2 aliphatic rings. The van der Waals surface area contributed by atoms with Gasteiger partial charge in [0.2, 0.25) is 5.91 Å². The molecule has 148 valence electrons. The van der Waals surface area contributed by atoms with E-state index in [0.717, 1.165) is 24.0 Å². The Morgan fingerprint density at radius 1 is 1.25 bits per heavy atom.